The molecule has 2 N–H and O–H groups in total. The molecule has 1 aliphatic carbocycles. The van der Waals surface area contributed by atoms with E-state index < -0.39 is 11.9 Å². The first-order chi connectivity index (χ1) is 8.44. The van der Waals surface area contributed by atoms with Crippen molar-refractivity contribution in [2.75, 3.05) is 26.4 Å². The zero-order chi connectivity index (χ0) is 13.6. The monoisotopic (exact) mass is 260 g/mol. The Balaban J connectivity index is 2.02. The number of rotatable bonds is 10. The topological polar surface area (TPSA) is 93.1 Å². The minimum Gasteiger partial charge on any atom is -0.481 e. The highest BCUT2D eigenvalue weighted by molar-refractivity contribution is 5.67. The molecule has 0 saturated heterocycles. The summed E-state index contributed by atoms with van der Waals surface area (Å²) in [4.78, 5) is 20.6. The van der Waals surface area contributed by atoms with E-state index in [9.17, 15) is 9.59 Å². The molecular formula is C12H20O6. The predicted octanol–water partition coefficient (Wildman–Crippen LogP) is 0.995. The Morgan fingerprint density at radius 1 is 1.17 bits per heavy atom. The SMILES string of the molecule is CC1(COCCC(=O)O)CC1COCCC(=O)O. The lowest BCUT2D eigenvalue weighted by Gasteiger charge is -2.11. The molecule has 2 unspecified atom stereocenters. The molecule has 1 fully saturated rings. The summed E-state index contributed by atoms with van der Waals surface area (Å²) in [6.07, 6.45) is 1.03. The molecule has 1 rings (SSSR count). The summed E-state index contributed by atoms with van der Waals surface area (Å²) < 4.78 is 10.6. The van der Waals surface area contributed by atoms with Crippen LogP contribution in [0.5, 0.6) is 0 Å². The van der Waals surface area contributed by atoms with Crippen LogP contribution in [-0.2, 0) is 19.1 Å². The quantitative estimate of drug-likeness (QED) is 0.569. The van der Waals surface area contributed by atoms with Crippen LogP contribution in [0.4, 0.5) is 0 Å². The molecule has 1 saturated carbocycles. The number of aliphatic carboxylic acids is 2. The van der Waals surface area contributed by atoms with E-state index in [1.807, 2.05) is 0 Å². The van der Waals surface area contributed by atoms with Gasteiger partial charge in [0, 0.05) is 0 Å². The van der Waals surface area contributed by atoms with Crippen molar-refractivity contribution in [2.45, 2.75) is 26.2 Å². The first kappa shape index (κ1) is 14.9. The van der Waals surface area contributed by atoms with E-state index in [0.29, 0.717) is 19.1 Å². The average Bonchev–Trinajstić information content (AvgIpc) is 2.91. The van der Waals surface area contributed by atoms with E-state index in [4.69, 9.17) is 19.7 Å². The van der Waals surface area contributed by atoms with Crippen LogP contribution >= 0.6 is 0 Å². The highest BCUT2D eigenvalue weighted by Gasteiger charge is 2.50. The molecule has 2 atom stereocenters. The largest absolute Gasteiger partial charge is 0.481 e. The van der Waals surface area contributed by atoms with E-state index in [1.165, 1.54) is 0 Å². The molecular weight excluding hydrogens is 240 g/mol. The molecule has 0 spiro atoms. The van der Waals surface area contributed by atoms with Crippen molar-refractivity contribution < 1.29 is 29.3 Å². The van der Waals surface area contributed by atoms with Gasteiger partial charge in [-0.05, 0) is 17.8 Å². The number of ether oxygens (including phenoxy) is 2. The summed E-state index contributed by atoms with van der Waals surface area (Å²) in [7, 11) is 0. The van der Waals surface area contributed by atoms with E-state index >= 15 is 0 Å². The van der Waals surface area contributed by atoms with Gasteiger partial charge in [0.25, 0.3) is 0 Å². The van der Waals surface area contributed by atoms with Crippen molar-refractivity contribution in [1.29, 1.82) is 0 Å². The molecule has 6 nitrogen and oxygen atoms in total. The van der Waals surface area contributed by atoms with Gasteiger partial charge in [0.2, 0.25) is 0 Å². The van der Waals surface area contributed by atoms with Gasteiger partial charge >= 0.3 is 11.9 Å². The molecule has 0 aliphatic heterocycles. The van der Waals surface area contributed by atoms with Crippen LogP contribution in [0.1, 0.15) is 26.2 Å². The summed E-state index contributed by atoms with van der Waals surface area (Å²) in [6.45, 7) is 3.62. The number of hydrogen-bond acceptors (Lipinski definition) is 4. The van der Waals surface area contributed by atoms with Crippen LogP contribution in [0.15, 0.2) is 0 Å². The van der Waals surface area contributed by atoms with Crippen molar-refractivity contribution >= 4 is 11.9 Å². The number of carboxylic acid groups (broad SMARTS) is 2. The number of carbonyl (C=O) groups is 2. The van der Waals surface area contributed by atoms with Gasteiger partial charge in [0.15, 0.2) is 0 Å². The fourth-order valence-electron chi connectivity index (χ4n) is 1.79. The standard InChI is InChI=1S/C12H20O6/c1-12(8-18-5-3-11(15)16)6-9(12)7-17-4-2-10(13)14/h9H,2-8H2,1H3,(H,13,14)(H,15,16). The molecule has 1 aliphatic rings. The number of carboxylic acids is 2. The summed E-state index contributed by atoms with van der Waals surface area (Å²) in [6, 6.07) is 0. The van der Waals surface area contributed by atoms with Gasteiger partial charge < -0.3 is 19.7 Å². The van der Waals surface area contributed by atoms with Crippen LogP contribution in [-0.4, -0.2) is 48.6 Å². The van der Waals surface area contributed by atoms with Crippen LogP contribution in [0.25, 0.3) is 0 Å². The fourth-order valence-corrected chi connectivity index (χ4v) is 1.79. The van der Waals surface area contributed by atoms with Crippen molar-refractivity contribution in [3.63, 3.8) is 0 Å². The smallest absolute Gasteiger partial charge is 0.305 e. The zero-order valence-electron chi connectivity index (χ0n) is 10.6. The van der Waals surface area contributed by atoms with Crippen molar-refractivity contribution in [3.05, 3.63) is 0 Å². The Morgan fingerprint density at radius 2 is 1.72 bits per heavy atom. The predicted molar refractivity (Wildman–Crippen MR) is 62.4 cm³/mol. The Labute approximate surface area is 106 Å². The summed E-state index contributed by atoms with van der Waals surface area (Å²) in [5, 5.41) is 16.9. The minimum absolute atomic E-state index is 0.0237. The van der Waals surface area contributed by atoms with Crippen molar-refractivity contribution in [3.8, 4) is 0 Å². The summed E-state index contributed by atoms with van der Waals surface area (Å²) in [5.74, 6) is -1.33. The second kappa shape index (κ2) is 6.70. The van der Waals surface area contributed by atoms with Gasteiger partial charge in [0.1, 0.15) is 0 Å². The van der Waals surface area contributed by atoms with E-state index in [2.05, 4.69) is 6.92 Å². The average molecular weight is 260 g/mol. The fraction of sp³-hybridized carbons (Fsp3) is 0.833. The molecule has 18 heavy (non-hydrogen) atoms. The highest BCUT2D eigenvalue weighted by atomic mass is 16.5. The number of hydrogen-bond donors (Lipinski definition) is 2. The van der Waals surface area contributed by atoms with Crippen LogP contribution < -0.4 is 0 Å². The van der Waals surface area contributed by atoms with Gasteiger partial charge in [-0.2, -0.15) is 0 Å². The highest BCUT2D eigenvalue weighted by Crippen LogP contribution is 2.52. The Kier molecular flexibility index (Phi) is 5.55. The maximum absolute atomic E-state index is 10.3. The Bertz CT molecular complexity index is 303. The Hall–Kier alpha value is -1.14. The third-order valence-electron chi connectivity index (χ3n) is 3.21. The Morgan fingerprint density at radius 3 is 2.28 bits per heavy atom. The lowest BCUT2D eigenvalue weighted by atomic mass is 10.1. The van der Waals surface area contributed by atoms with Crippen LogP contribution in [0.3, 0.4) is 0 Å². The molecule has 6 heteroatoms. The van der Waals surface area contributed by atoms with E-state index in [0.717, 1.165) is 6.42 Å². The third kappa shape index (κ3) is 5.46. The van der Waals surface area contributed by atoms with E-state index in [-0.39, 0.29) is 31.5 Å². The molecule has 0 aromatic heterocycles. The van der Waals surface area contributed by atoms with Crippen LogP contribution in [0.2, 0.25) is 0 Å². The van der Waals surface area contributed by atoms with Crippen molar-refractivity contribution in [1.82, 2.24) is 0 Å². The molecule has 0 bridgehead atoms. The van der Waals surface area contributed by atoms with Gasteiger partial charge in [-0.1, -0.05) is 6.92 Å². The first-order valence-electron chi connectivity index (χ1n) is 6.03. The molecule has 0 amide bonds. The lowest BCUT2D eigenvalue weighted by molar-refractivity contribution is -0.139. The van der Waals surface area contributed by atoms with Gasteiger partial charge in [-0.15, -0.1) is 0 Å². The van der Waals surface area contributed by atoms with Gasteiger partial charge in [-0.3, -0.25) is 9.59 Å². The third-order valence-corrected chi connectivity index (χ3v) is 3.21. The first-order valence-corrected chi connectivity index (χ1v) is 6.03. The lowest BCUT2D eigenvalue weighted by Crippen LogP contribution is -2.14. The normalized spacial score (nSPS) is 25.9. The zero-order valence-corrected chi connectivity index (χ0v) is 10.6. The van der Waals surface area contributed by atoms with Crippen LogP contribution in [0, 0.1) is 11.3 Å². The molecule has 0 heterocycles. The van der Waals surface area contributed by atoms with Crippen molar-refractivity contribution in [2.24, 2.45) is 11.3 Å². The maximum atomic E-state index is 10.3. The van der Waals surface area contributed by atoms with Gasteiger partial charge in [-0.25, -0.2) is 0 Å². The maximum Gasteiger partial charge on any atom is 0.305 e. The summed E-state index contributed by atoms with van der Waals surface area (Å²) >= 11 is 0. The second-order valence-corrected chi connectivity index (χ2v) is 4.97. The van der Waals surface area contributed by atoms with E-state index in [1.54, 1.807) is 0 Å². The summed E-state index contributed by atoms with van der Waals surface area (Å²) in [5.41, 5.74) is 0.0573. The molecule has 0 radical (unpaired) electrons. The molecule has 0 aromatic carbocycles. The minimum atomic E-state index is -0.857. The molecule has 0 aromatic rings. The second-order valence-electron chi connectivity index (χ2n) is 4.97. The molecule has 104 valence electrons. The van der Waals surface area contributed by atoms with Gasteiger partial charge in [0.05, 0.1) is 39.3 Å².